The van der Waals surface area contributed by atoms with Crippen molar-refractivity contribution < 1.29 is 4.79 Å². The average Bonchev–Trinajstić information content (AvgIpc) is 2.55. The summed E-state index contributed by atoms with van der Waals surface area (Å²) in [6, 6.07) is 10.7. The van der Waals surface area contributed by atoms with Gasteiger partial charge < -0.3 is 10.2 Å². The minimum absolute atomic E-state index is 0.0222. The molecule has 1 amide bonds. The van der Waals surface area contributed by atoms with Crippen molar-refractivity contribution >= 4 is 5.91 Å². The fourth-order valence-electron chi connectivity index (χ4n) is 3.36. The summed E-state index contributed by atoms with van der Waals surface area (Å²) in [5, 5.41) is 3.20. The van der Waals surface area contributed by atoms with E-state index in [1.54, 1.807) is 0 Å². The Kier molecular flexibility index (Phi) is 6.44. The average molecular weight is 302 g/mol. The van der Waals surface area contributed by atoms with Crippen LogP contribution in [0.1, 0.15) is 51.5 Å². The molecule has 3 nitrogen and oxygen atoms in total. The molecule has 0 saturated carbocycles. The predicted octanol–water partition coefficient (Wildman–Crippen LogP) is 3.42. The van der Waals surface area contributed by atoms with Crippen molar-refractivity contribution in [2.45, 2.75) is 52.0 Å². The van der Waals surface area contributed by atoms with E-state index in [4.69, 9.17) is 0 Å². The second-order valence-electron chi connectivity index (χ2n) is 6.71. The third-order valence-corrected chi connectivity index (χ3v) is 4.77. The number of carbonyl (C=O) groups is 1. The van der Waals surface area contributed by atoms with E-state index in [0.29, 0.717) is 12.0 Å². The molecule has 0 bridgehead atoms. The lowest BCUT2D eigenvalue weighted by atomic mass is 9.94. The van der Waals surface area contributed by atoms with Crippen molar-refractivity contribution in [1.82, 2.24) is 10.2 Å². The maximum atomic E-state index is 12.5. The quantitative estimate of drug-likeness (QED) is 0.873. The summed E-state index contributed by atoms with van der Waals surface area (Å²) in [6.45, 7) is 9.71. The third-order valence-electron chi connectivity index (χ3n) is 4.77. The minimum atomic E-state index is -0.0222. The topological polar surface area (TPSA) is 32.3 Å². The summed E-state index contributed by atoms with van der Waals surface area (Å²) in [4.78, 5) is 15.0. The van der Waals surface area contributed by atoms with E-state index in [2.05, 4.69) is 43.1 Å². The van der Waals surface area contributed by atoms with E-state index in [1.165, 1.54) is 19.4 Å². The summed E-state index contributed by atoms with van der Waals surface area (Å²) in [6.07, 6.45) is 3.32. The first kappa shape index (κ1) is 17.0. The van der Waals surface area contributed by atoms with Crippen LogP contribution in [0.25, 0.3) is 0 Å². The van der Waals surface area contributed by atoms with Gasteiger partial charge in [-0.15, -0.1) is 0 Å². The van der Waals surface area contributed by atoms with Crippen molar-refractivity contribution in [3.05, 3.63) is 35.9 Å². The van der Waals surface area contributed by atoms with Crippen LogP contribution in [-0.2, 0) is 4.79 Å². The molecule has 1 aliphatic heterocycles. The monoisotopic (exact) mass is 302 g/mol. The molecule has 0 aliphatic carbocycles. The Balaban J connectivity index is 1.86. The molecule has 2 atom stereocenters. The number of likely N-dealkylation sites (tertiary alicyclic amines) is 1. The lowest BCUT2D eigenvalue weighted by Crippen LogP contribution is -2.44. The van der Waals surface area contributed by atoms with Gasteiger partial charge in [0.2, 0.25) is 5.91 Å². The highest BCUT2D eigenvalue weighted by Gasteiger charge is 2.24. The van der Waals surface area contributed by atoms with E-state index in [9.17, 15) is 4.79 Å². The lowest BCUT2D eigenvalue weighted by Gasteiger charge is -2.35. The molecule has 2 rings (SSSR count). The maximum absolute atomic E-state index is 12.5. The third kappa shape index (κ3) is 4.57. The van der Waals surface area contributed by atoms with Crippen LogP contribution in [0, 0.1) is 5.92 Å². The van der Waals surface area contributed by atoms with Gasteiger partial charge in [-0.1, -0.05) is 37.3 Å². The second kappa shape index (κ2) is 8.33. The minimum Gasteiger partial charge on any atom is -0.355 e. The molecule has 3 heteroatoms. The number of nitrogens with zero attached hydrogens (tertiary/aromatic N) is 1. The molecule has 1 aliphatic rings. The fourth-order valence-corrected chi connectivity index (χ4v) is 3.36. The molecule has 1 aromatic rings. The van der Waals surface area contributed by atoms with Gasteiger partial charge in [0.15, 0.2) is 0 Å². The predicted molar refractivity (Wildman–Crippen MR) is 91.9 cm³/mol. The molecular formula is C19H30N2O. The van der Waals surface area contributed by atoms with E-state index in [1.807, 2.05) is 18.2 Å². The van der Waals surface area contributed by atoms with Crippen molar-refractivity contribution in [2.24, 2.45) is 5.92 Å². The highest BCUT2D eigenvalue weighted by Crippen LogP contribution is 2.21. The molecule has 1 fully saturated rings. The molecule has 1 N–H and O–H groups in total. The first-order valence-electron chi connectivity index (χ1n) is 8.68. The smallest absolute Gasteiger partial charge is 0.227 e. The van der Waals surface area contributed by atoms with Crippen LogP contribution in [0.3, 0.4) is 0 Å². The van der Waals surface area contributed by atoms with Gasteiger partial charge in [0.1, 0.15) is 0 Å². The van der Waals surface area contributed by atoms with Crippen molar-refractivity contribution in [3.63, 3.8) is 0 Å². The van der Waals surface area contributed by atoms with Crippen LogP contribution in [0.2, 0.25) is 0 Å². The number of hydrogen-bond donors (Lipinski definition) is 1. The number of rotatable bonds is 6. The van der Waals surface area contributed by atoms with Crippen molar-refractivity contribution in [1.29, 1.82) is 0 Å². The first-order valence-corrected chi connectivity index (χ1v) is 8.68. The summed E-state index contributed by atoms with van der Waals surface area (Å²) >= 11 is 0. The van der Waals surface area contributed by atoms with Gasteiger partial charge in [-0.05, 0) is 51.1 Å². The van der Waals surface area contributed by atoms with Crippen LogP contribution in [0.5, 0.6) is 0 Å². The summed E-state index contributed by atoms with van der Waals surface area (Å²) in [7, 11) is 0. The highest BCUT2D eigenvalue weighted by atomic mass is 16.1. The van der Waals surface area contributed by atoms with Gasteiger partial charge in [-0.25, -0.2) is 0 Å². The second-order valence-corrected chi connectivity index (χ2v) is 6.71. The molecule has 0 unspecified atom stereocenters. The van der Waals surface area contributed by atoms with E-state index in [0.717, 1.165) is 25.1 Å². The molecular weight excluding hydrogens is 272 g/mol. The Morgan fingerprint density at radius 2 is 2.05 bits per heavy atom. The first-order chi connectivity index (χ1) is 10.6. The van der Waals surface area contributed by atoms with Gasteiger partial charge >= 0.3 is 0 Å². The maximum Gasteiger partial charge on any atom is 0.227 e. The van der Waals surface area contributed by atoms with Gasteiger partial charge in [0.25, 0.3) is 0 Å². The van der Waals surface area contributed by atoms with Gasteiger partial charge in [-0.2, -0.15) is 0 Å². The van der Waals surface area contributed by atoms with Crippen LogP contribution in [0.15, 0.2) is 30.3 Å². The van der Waals surface area contributed by atoms with Crippen molar-refractivity contribution in [3.8, 4) is 0 Å². The Hall–Kier alpha value is -1.35. The molecule has 0 aromatic heterocycles. The van der Waals surface area contributed by atoms with Gasteiger partial charge in [0, 0.05) is 19.1 Å². The number of benzene rings is 1. The summed E-state index contributed by atoms with van der Waals surface area (Å²) in [5.41, 5.74) is 1.12. The largest absolute Gasteiger partial charge is 0.355 e. The SMILES string of the molecule is CC[C@@H](C(=O)NC[C@@H]1CCCN(C(C)C)C1)c1ccccc1. The van der Waals surface area contributed by atoms with Crippen molar-refractivity contribution in [2.75, 3.05) is 19.6 Å². The molecule has 1 heterocycles. The number of amides is 1. The molecule has 22 heavy (non-hydrogen) atoms. The van der Waals surface area contributed by atoms with Crippen LogP contribution < -0.4 is 5.32 Å². The Bertz CT molecular complexity index is 458. The standard InChI is InChI=1S/C19H30N2O/c1-4-18(17-10-6-5-7-11-17)19(22)20-13-16-9-8-12-21(14-16)15(2)3/h5-7,10-11,15-16,18H,4,8-9,12-14H2,1-3H3,(H,20,22)/t16-,18+/m0/s1. The van der Waals surface area contributed by atoms with E-state index in [-0.39, 0.29) is 11.8 Å². The molecule has 122 valence electrons. The zero-order valence-electron chi connectivity index (χ0n) is 14.2. The Morgan fingerprint density at radius 1 is 1.32 bits per heavy atom. The number of hydrogen-bond acceptors (Lipinski definition) is 2. The van der Waals surface area contributed by atoms with Gasteiger partial charge in [0.05, 0.1) is 5.92 Å². The van der Waals surface area contributed by atoms with Gasteiger partial charge in [-0.3, -0.25) is 4.79 Å². The number of piperidine rings is 1. The zero-order valence-corrected chi connectivity index (χ0v) is 14.2. The molecule has 0 radical (unpaired) electrons. The normalized spacial score (nSPS) is 20.8. The number of nitrogens with one attached hydrogen (secondary N) is 1. The van der Waals surface area contributed by atoms with Crippen LogP contribution in [-0.4, -0.2) is 36.5 Å². The zero-order chi connectivity index (χ0) is 15.9. The molecule has 1 aromatic carbocycles. The highest BCUT2D eigenvalue weighted by molar-refractivity contribution is 5.83. The summed E-state index contributed by atoms with van der Waals surface area (Å²) < 4.78 is 0. The number of carbonyl (C=O) groups excluding carboxylic acids is 1. The van der Waals surface area contributed by atoms with E-state index >= 15 is 0 Å². The molecule has 1 saturated heterocycles. The fraction of sp³-hybridized carbons (Fsp3) is 0.632. The summed E-state index contributed by atoms with van der Waals surface area (Å²) in [5.74, 6) is 0.745. The van der Waals surface area contributed by atoms with Crippen LogP contribution >= 0.6 is 0 Å². The Labute approximate surface area is 135 Å². The van der Waals surface area contributed by atoms with Crippen LogP contribution in [0.4, 0.5) is 0 Å². The Morgan fingerprint density at radius 3 is 2.68 bits per heavy atom. The van der Waals surface area contributed by atoms with E-state index < -0.39 is 0 Å². The lowest BCUT2D eigenvalue weighted by molar-refractivity contribution is -0.122. The molecule has 0 spiro atoms.